The summed E-state index contributed by atoms with van der Waals surface area (Å²) in [5, 5.41) is 8.75. The third-order valence-electron chi connectivity index (χ3n) is 2.98. The van der Waals surface area contributed by atoms with Gasteiger partial charge in [-0.25, -0.2) is 0 Å². The number of hydrogen-bond acceptors (Lipinski definition) is 3. The highest BCUT2D eigenvalue weighted by Crippen LogP contribution is 2.21. The summed E-state index contributed by atoms with van der Waals surface area (Å²) in [6.07, 6.45) is 1.47. The zero-order valence-corrected chi connectivity index (χ0v) is 11.3. The van der Waals surface area contributed by atoms with Gasteiger partial charge in [0.25, 0.3) is 0 Å². The molecule has 0 amide bonds. The number of rotatable bonds is 7. The summed E-state index contributed by atoms with van der Waals surface area (Å²) in [4.78, 5) is 12.4. The lowest BCUT2D eigenvalue weighted by Crippen LogP contribution is -2.06. The minimum atomic E-state index is -0.0386. The van der Waals surface area contributed by atoms with Crippen molar-refractivity contribution in [2.45, 2.75) is 12.8 Å². The second-order valence-electron chi connectivity index (χ2n) is 4.47. The van der Waals surface area contributed by atoms with Gasteiger partial charge >= 0.3 is 0 Å². The Hall–Kier alpha value is -2.13. The Morgan fingerprint density at radius 1 is 0.950 bits per heavy atom. The van der Waals surface area contributed by atoms with Crippen LogP contribution in [-0.2, 0) is 0 Å². The van der Waals surface area contributed by atoms with Gasteiger partial charge in [-0.3, -0.25) is 4.79 Å². The van der Waals surface area contributed by atoms with E-state index in [1.165, 1.54) is 0 Å². The van der Waals surface area contributed by atoms with Gasteiger partial charge in [0.1, 0.15) is 5.75 Å². The maximum atomic E-state index is 12.4. The van der Waals surface area contributed by atoms with Crippen molar-refractivity contribution < 1.29 is 14.6 Å². The third-order valence-corrected chi connectivity index (χ3v) is 2.98. The zero-order chi connectivity index (χ0) is 14.2. The van der Waals surface area contributed by atoms with Crippen LogP contribution in [0.15, 0.2) is 54.6 Å². The Morgan fingerprint density at radius 2 is 1.65 bits per heavy atom. The van der Waals surface area contributed by atoms with Crippen LogP contribution in [0.2, 0.25) is 0 Å². The number of carbonyl (C=O) groups excluding carboxylic acids is 1. The van der Waals surface area contributed by atoms with Gasteiger partial charge in [0.15, 0.2) is 5.78 Å². The molecule has 0 aliphatic rings. The molecule has 0 bridgehead atoms. The number of para-hydroxylation sites is 1. The molecule has 0 heterocycles. The minimum absolute atomic E-state index is 0.0386. The molecule has 0 radical (unpaired) electrons. The summed E-state index contributed by atoms with van der Waals surface area (Å²) in [6.45, 7) is 0.660. The smallest absolute Gasteiger partial charge is 0.196 e. The monoisotopic (exact) mass is 270 g/mol. The van der Waals surface area contributed by atoms with Crippen LogP contribution in [0.1, 0.15) is 28.8 Å². The SMILES string of the molecule is O=C(c1ccccc1)c1ccccc1OCCCCO. The highest BCUT2D eigenvalue weighted by Gasteiger charge is 2.13. The molecule has 0 fully saturated rings. The van der Waals surface area contributed by atoms with Gasteiger partial charge in [0.2, 0.25) is 0 Å². The Kier molecular flexibility index (Phi) is 5.33. The molecule has 0 aliphatic carbocycles. The van der Waals surface area contributed by atoms with E-state index >= 15 is 0 Å². The Labute approximate surface area is 118 Å². The summed E-state index contributed by atoms with van der Waals surface area (Å²) in [5.41, 5.74) is 1.22. The summed E-state index contributed by atoms with van der Waals surface area (Å²) in [5.74, 6) is 0.558. The predicted molar refractivity (Wildman–Crippen MR) is 78.1 cm³/mol. The highest BCUT2D eigenvalue weighted by atomic mass is 16.5. The van der Waals surface area contributed by atoms with Crippen LogP contribution in [0.4, 0.5) is 0 Å². The molecule has 0 aromatic heterocycles. The largest absolute Gasteiger partial charge is 0.493 e. The zero-order valence-electron chi connectivity index (χ0n) is 11.3. The number of ether oxygens (including phenoxy) is 1. The quantitative estimate of drug-likeness (QED) is 0.621. The first-order valence-electron chi connectivity index (χ1n) is 6.75. The van der Waals surface area contributed by atoms with E-state index in [0.717, 1.165) is 6.42 Å². The lowest BCUT2D eigenvalue weighted by atomic mass is 10.0. The number of unbranched alkanes of at least 4 members (excludes halogenated alkanes) is 1. The molecule has 2 aromatic carbocycles. The second-order valence-corrected chi connectivity index (χ2v) is 4.47. The molecule has 0 spiro atoms. The summed E-state index contributed by atoms with van der Waals surface area (Å²) < 4.78 is 5.65. The van der Waals surface area contributed by atoms with E-state index in [-0.39, 0.29) is 12.4 Å². The standard InChI is InChI=1S/C17H18O3/c18-12-6-7-13-20-16-11-5-4-10-15(16)17(19)14-8-2-1-3-9-14/h1-5,8-11,18H,6-7,12-13H2. The van der Waals surface area contributed by atoms with Crippen LogP contribution in [0.25, 0.3) is 0 Å². The van der Waals surface area contributed by atoms with Crippen LogP contribution >= 0.6 is 0 Å². The average molecular weight is 270 g/mol. The first-order valence-corrected chi connectivity index (χ1v) is 6.75. The fourth-order valence-electron chi connectivity index (χ4n) is 1.92. The number of hydrogen-bond donors (Lipinski definition) is 1. The van der Waals surface area contributed by atoms with E-state index in [9.17, 15) is 4.79 Å². The molecular formula is C17H18O3. The number of aliphatic hydroxyl groups is 1. The molecule has 0 saturated carbocycles. The molecule has 0 atom stereocenters. The topological polar surface area (TPSA) is 46.5 Å². The van der Waals surface area contributed by atoms with Gasteiger partial charge in [0.05, 0.1) is 12.2 Å². The van der Waals surface area contributed by atoms with Crippen molar-refractivity contribution in [1.82, 2.24) is 0 Å². The van der Waals surface area contributed by atoms with Crippen molar-refractivity contribution in [3.05, 3.63) is 65.7 Å². The van der Waals surface area contributed by atoms with Gasteiger partial charge in [-0.1, -0.05) is 42.5 Å². The fourth-order valence-corrected chi connectivity index (χ4v) is 1.92. The van der Waals surface area contributed by atoms with E-state index < -0.39 is 0 Å². The molecular weight excluding hydrogens is 252 g/mol. The van der Waals surface area contributed by atoms with Gasteiger partial charge in [-0.05, 0) is 25.0 Å². The third kappa shape index (κ3) is 3.68. The lowest BCUT2D eigenvalue weighted by Gasteiger charge is -2.10. The molecule has 3 nitrogen and oxygen atoms in total. The number of aliphatic hydroxyl groups excluding tert-OH is 1. The molecule has 0 aliphatic heterocycles. The van der Waals surface area contributed by atoms with E-state index in [4.69, 9.17) is 9.84 Å². The number of ketones is 1. The maximum Gasteiger partial charge on any atom is 0.196 e. The van der Waals surface area contributed by atoms with Crippen molar-refractivity contribution in [2.75, 3.05) is 13.2 Å². The van der Waals surface area contributed by atoms with Gasteiger partial charge in [0, 0.05) is 12.2 Å². The maximum absolute atomic E-state index is 12.4. The van der Waals surface area contributed by atoms with Crippen LogP contribution < -0.4 is 4.74 Å². The van der Waals surface area contributed by atoms with Crippen molar-refractivity contribution in [2.24, 2.45) is 0 Å². The molecule has 20 heavy (non-hydrogen) atoms. The van der Waals surface area contributed by atoms with E-state index in [1.54, 1.807) is 24.3 Å². The average Bonchev–Trinajstić information content (AvgIpc) is 2.52. The van der Waals surface area contributed by atoms with Gasteiger partial charge < -0.3 is 9.84 Å². The summed E-state index contributed by atoms with van der Waals surface area (Å²) in [6, 6.07) is 16.4. The van der Waals surface area contributed by atoms with E-state index in [0.29, 0.717) is 29.9 Å². The first-order chi connectivity index (χ1) is 9.83. The van der Waals surface area contributed by atoms with Crippen molar-refractivity contribution in [1.29, 1.82) is 0 Å². The molecule has 0 saturated heterocycles. The summed E-state index contributed by atoms with van der Waals surface area (Å²) in [7, 11) is 0. The van der Waals surface area contributed by atoms with Crippen molar-refractivity contribution >= 4 is 5.78 Å². The van der Waals surface area contributed by atoms with Crippen molar-refractivity contribution in [3.8, 4) is 5.75 Å². The second kappa shape index (κ2) is 7.46. The van der Waals surface area contributed by atoms with Gasteiger partial charge in [-0.2, -0.15) is 0 Å². The normalized spacial score (nSPS) is 10.2. The predicted octanol–water partition coefficient (Wildman–Crippen LogP) is 3.07. The lowest BCUT2D eigenvalue weighted by molar-refractivity contribution is 0.103. The van der Waals surface area contributed by atoms with Crippen molar-refractivity contribution in [3.63, 3.8) is 0 Å². The molecule has 3 heteroatoms. The Balaban J connectivity index is 2.13. The molecule has 2 rings (SSSR count). The minimum Gasteiger partial charge on any atom is -0.493 e. The molecule has 2 aromatic rings. The van der Waals surface area contributed by atoms with E-state index in [1.807, 2.05) is 30.3 Å². The number of carbonyl (C=O) groups is 1. The Bertz CT molecular complexity index is 549. The molecule has 0 unspecified atom stereocenters. The highest BCUT2D eigenvalue weighted by molar-refractivity contribution is 6.10. The Morgan fingerprint density at radius 3 is 2.40 bits per heavy atom. The van der Waals surface area contributed by atoms with E-state index in [2.05, 4.69) is 0 Å². The van der Waals surface area contributed by atoms with Crippen LogP contribution in [-0.4, -0.2) is 24.1 Å². The first kappa shape index (κ1) is 14.3. The van der Waals surface area contributed by atoms with Crippen LogP contribution in [0.5, 0.6) is 5.75 Å². The van der Waals surface area contributed by atoms with Crippen LogP contribution in [0.3, 0.4) is 0 Å². The summed E-state index contributed by atoms with van der Waals surface area (Å²) >= 11 is 0. The van der Waals surface area contributed by atoms with Gasteiger partial charge in [-0.15, -0.1) is 0 Å². The molecule has 1 N–H and O–H groups in total. The fraction of sp³-hybridized carbons (Fsp3) is 0.235. The van der Waals surface area contributed by atoms with Crippen LogP contribution in [0, 0.1) is 0 Å². The number of benzene rings is 2. The molecule has 104 valence electrons.